The molecule has 6 saturated heterocycles. The fourth-order valence-electron chi connectivity index (χ4n) is 14.0. The van der Waals surface area contributed by atoms with Gasteiger partial charge < -0.3 is 84.8 Å². The molecule has 6 aliphatic heterocycles. The summed E-state index contributed by atoms with van der Waals surface area (Å²) < 4.78 is 154. The Morgan fingerprint density at radius 3 is 0.329 bits per heavy atom. The highest BCUT2D eigenvalue weighted by molar-refractivity contribution is 6.97. The van der Waals surface area contributed by atoms with Crippen LogP contribution in [0.2, 0.25) is 0 Å². The molecule has 14 fully saturated rings. The Morgan fingerprint density at radius 1 is 0.145 bits per heavy atom. The third-order valence-corrected chi connectivity index (χ3v) is 46.9. The zero-order chi connectivity index (χ0) is 51.0. The average Bonchev–Trinajstić information content (AvgIpc) is 3.44. The standard InChI is InChI=1S/C48H88O20Si8/c1-9-25-41(26-10-1)49-69-57-70(50-42-27-11-2-12-28-42)60-73(53-45-33-17-5-18-34-45)62-71(58-69,51-43-29-13-3-14-30-43)64-75(55-47-37-21-7-22-38-47)65-72(59-69,52-44-31-15-4-16-32-44)63-74(61-70,54-46-35-19-6-20-36-46)67-76(66-73,68-75)56-48-39-23-8-24-40-48/h41-48H,1-40H2. The van der Waals surface area contributed by atoms with Crippen molar-refractivity contribution >= 4 is 72.4 Å². The zero-order valence-corrected chi connectivity index (χ0v) is 53.1. The molecule has 6 heterocycles. The van der Waals surface area contributed by atoms with E-state index in [1.807, 2.05) is 0 Å². The van der Waals surface area contributed by atoms with E-state index in [1.165, 1.54) is 0 Å². The third-order valence-electron chi connectivity index (χ3n) is 17.9. The van der Waals surface area contributed by atoms with E-state index in [-0.39, 0.29) is 48.8 Å². The fraction of sp³-hybridized carbons (Fsp3) is 1.00. The largest absolute Gasteiger partial charge is 0.662 e. The lowest BCUT2D eigenvalue weighted by Gasteiger charge is -2.59. The van der Waals surface area contributed by atoms with Crippen LogP contribution in [-0.2, 0) is 84.8 Å². The van der Waals surface area contributed by atoms with Crippen LogP contribution in [0.3, 0.4) is 0 Å². The van der Waals surface area contributed by atoms with Gasteiger partial charge in [-0.25, -0.2) is 0 Å². The molecule has 76 heavy (non-hydrogen) atoms. The van der Waals surface area contributed by atoms with Crippen LogP contribution in [-0.4, -0.2) is 121 Å². The Labute approximate surface area is 460 Å². The van der Waals surface area contributed by atoms with E-state index in [0.29, 0.717) is 0 Å². The Kier molecular flexibility index (Phi) is 17.8. The van der Waals surface area contributed by atoms with E-state index < -0.39 is 72.4 Å². The Balaban J connectivity index is 1.07. The summed E-state index contributed by atoms with van der Waals surface area (Å²) >= 11 is 0. The van der Waals surface area contributed by atoms with Crippen LogP contribution in [0.15, 0.2) is 0 Å². The third kappa shape index (κ3) is 13.1. The summed E-state index contributed by atoms with van der Waals surface area (Å²) in [5, 5.41) is 0. The minimum Gasteiger partial charge on any atom is -0.349 e. The van der Waals surface area contributed by atoms with Crippen molar-refractivity contribution in [3.8, 4) is 0 Å². The highest BCUT2D eigenvalue weighted by atomic mass is 28.7. The van der Waals surface area contributed by atoms with E-state index in [2.05, 4.69) is 0 Å². The lowest BCUT2D eigenvalue weighted by Crippen LogP contribution is -2.91. The maximum absolute atomic E-state index is 7.85. The number of hydrogen-bond donors (Lipinski definition) is 0. The molecule has 28 heteroatoms. The van der Waals surface area contributed by atoms with E-state index in [9.17, 15) is 0 Å². The quantitative estimate of drug-likeness (QED) is 0.133. The first-order valence-electron chi connectivity index (χ1n) is 30.9. The predicted molar refractivity (Wildman–Crippen MR) is 283 cm³/mol. The Bertz CT molecular complexity index is 1430. The van der Waals surface area contributed by atoms with Gasteiger partial charge in [-0.2, -0.15) is 0 Å². The lowest BCUT2D eigenvalue weighted by molar-refractivity contribution is -0.190. The SMILES string of the molecule is C1CCC(O[Si]23O[Si]4(OC5CCCCC5)O[Si]5(OC6CCCCC6)O[Si](OC6CCCCC6)(O2)O[Si]2(OC6CCCCC6)O[Si](OC6CCCCC6)(O3)O[Si](OC3CCCCC3)(O4)O[Si](OC3CCCCC3)(O5)O2)CC1. The van der Waals surface area contributed by atoms with Gasteiger partial charge in [0.2, 0.25) is 0 Å². The van der Waals surface area contributed by atoms with Crippen LogP contribution in [0.5, 0.6) is 0 Å². The highest BCUT2D eigenvalue weighted by Crippen LogP contribution is 2.54. The smallest absolute Gasteiger partial charge is 0.349 e. The molecule has 0 aromatic carbocycles. The second kappa shape index (κ2) is 24.1. The molecule has 0 spiro atoms. The lowest BCUT2D eigenvalue weighted by atomic mass is 9.98. The first kappa shape index (κ1) is 56.1. The second-order valence-corrected chi connectivity index (χ2v) is 43.9. The van der Waals surface area contributed by atoms with Gasteiger partial charge >= 0.3 is 72.4 Å². The van der Waals surface area contributed by atoms with Gasteiger partial charge in [0.1, 0.15) is 0 Å². The minimum atomic E-state index is -5.05. The first-order chi connectivity index (χ1) is 37.1. The first-order valence-corrected chi connectivity index (χ1v) is 44.0. The van der Waals surface area contributed by atoms with Crippen molar-refractivity contribution in [2.75, 3.05) is 0 Å². The van der Waals surface area contributed by atoms with Crippen LogP contribution >= 0.6 is 0 Å². The van der Waals surface area contributed by atoms with Crippen molar-refractivity contribution in [2.24, 2.45) is 0 Å². The number of rotatable bonds is 16. The van der Waals surface area contributed by atoms with Crippen LogP contribution in [0.25, 0.3) is 0 Å². The normalized spacial score (nSPS) is 43.6. The molecule has 0 unspecified atom stereocenters. The van der Waals surface area contributed by atoms with Crippen molar-refractivity contribution in [3.05, 3.63) is 0 Å². The summed E-state index contributed by atoms with van der Waals surface area (Å²) in [6.45, 7) is 0. The predicted octanol–water partition coefficient (Wildman–Crippen LogP) is 10.5. The van der Waals surface area contributed by atoms with E-state index in [0.717, 1.165) is 257 Å². The van der Waals surface area contributed by atoms with Gasteiger partial charge in [0, 0.05) is 0 Å². The summed E-state index contributed by atoms with van der Waals surface area (Å²) in [6, 6.07) is 0. The summed E-state index contributed by atoms with van der Waals surface area (Å²) in [7, 11) is -40.4. The molecule has 20 nitrogen and oxygen atoms in total. The molecular formula is C48H88O20Si8. The van der Waals surface area contributed by atoms with E-state index >= 15 is 0 Å². The van der Waals surface area contributed by atoms with Crippen LogP contribution in [0.1, 0.15) is 257 Å². The van der Waals surface area contributed by atoms with Crippen LogP contribution < -0.4 is 0 Å². The van der Waals surface area contributed by atoms with E-state index in [4.69, 9.17) is 84.8 Å². The fourth-order valence-corrected chi connectivity index (χ4v) is 51.5. The number of hydrogen-bond acceptors (Lipinski definition) is 20. The molecule has 0 atom stereocenters. The Morgan fingerprint density at radius 2 is 0.237 bits per heavy atom. The van der Waals surface area contributed by atoms with Crippen molar-refractivity contribution < 1.29 is 84.8 Å². The van der Waals surface area contributed by atoms with Gasteiger partial charge in [-0.1, -0.05) is 154 Å². The van der Waals surface area contributed by atoms with Crippen LogP contribution in [0.4, 0.5) is 0 Å². The van der Waals surface area contributed by atoms with Crippen molar-refractivity contribution in [1.29, 1.82) is 0 Å². The van der Waals surface area contributed by atoms with E-state index in [1.54, 1.807) is 0 Å². The van der Waals surface area contributed by atoms with Gasteiger partial charge in [-0.05, 0) is 103 Å². The summed E-state index contributed by atoms with van der Waals surface area (Å²) in [6.07, 6.45) is 32.2. The molecule has 0 N–H and O–H groups in total. The zero-order valence-electron chi connectivity index (χ0n) is 45.1. The van der Waals surface area contributed by atoms with Crippen molar-refractivity contribution in [2.45, 2.75) is 306 Å². The topological polar surface area (TPSA) is 185 Å². The van der Waals surface area contributed by atoms with Gasteiger partial charge in [-0.15, -0.1) is 0 Å². The highest BCUT2D eigenvalue weighted by Gasteiger charge is 2.92. The van der Waals surface area contributed by atoms with Gasteiger partial charge in [0.25, 0.3) is 0 Å². The summed E-state index contributed by atoms with van der Waals surface area (Å²) in [5.41, 5.74) is 0. The molecular weight excluding hydrogens is 1120 g/mol. The molecule has 8 aliphatic carbocycles. The molecule has 0 radical (unpaired) electrons. The average molecular weight is 1210 g/mol. The van der Waals surface area contributed by atoms with Gasteiger partial charge in [-0.3, -0.25) is 0 Å². The Hall–Kier alpha value is 0.935. The molecule has 432 valence electrons. The second-order valence-electron chi connectivity index (χ2n) is 24.2. The molecule has 0 aromatic heterocycles. The summed E-state index contributed by atoms with van der Waals surface area (Å²) in [4.78, 5) is 0. The molecule has 0 amide bonds. The van der Waals surface area contributed by atoms with Gasteiger partial charge in [0.15, 0.2) is 0 Å². The molecule has 8 saturated carbocycles. The summed E-state index contributed by atoms with van der Waals surface area (Å²) in [5.74, 6) is 0. The van der Waals surface area contributed by atoms with Crippen LogP contribution in [0, 0.1) is 0 Å². The minimum absolute atomic E-state index is 0.377. The maximum Gasteiger partial charge on any atom is 0.662 e. The molecule has 0 aromatic rings. The molecule has 14 rings (SSSR count). The van der Waals surface area contributed by atoms with Crippen molar-refractivity contribution in [1.82, 2.24) is 0 Å². The molecule has 14 aliphatic rings. The van der Waals surface area contributed by atoms with Crippen molar-refractivity contribution in [3.63, 3.8) is 0 Å². The monoisotopic (exact) mass is 1210 g/mol. The maximum atomic E-state index is 7.85. The van der Waals surface area contributed by atoms with Gasteiger partial charge in [0.05, 0.1) is 48.8 Å². The molecule has 8 bridgehead atoms.